The van der Waals surface area contributed by atoms with Gasteiger partial charge >= 0.3 is 0 Å². The molecule has 1 heterocycles. The van der Waals surface area contributed by atoms with Crippen LogP contribution >= 0.6 is 0 Å². The lowest BCUT2D eigenvalue weighted by molar-refractivity contribution is 0.0179. The van der Waals surface area contributed by atoms with Crippen molar-refractivity contribution < 1.29 is 18.9 Å². The van der Waals surface area contributed by atoms with Crippen molar-refractivity contribution in [2.45, 2.75) is 6.54 Å². The van der Waals surface area contributed by atoms with Crippen LogP contribution in [0, 0.1) is 0 Å². The minimum Gasteiger partial charge on any atom is -0.491 e. The molecule has 20 heavy (non-hydrogen) atoms. The monoisotopic (exact) mass is 284 g/mol. The maximum Gasteiger partial charge on any atom is 0.126 e. The molecule has 0 saturated heterocycles. The zero-order valence-corrected chi connectivity index (χ0v) is 12.3. The maximum absolute atomic E-state index is 5.67. The second-order valence-corrected chi connectivity index (χ2v) is 4.08. The van der Waals surface area contributed by atoms with Crippen molar-refractivity contribution >= 4 is 0 Å². The fourth-order valence-electron chi connectivity index (χ4n) is 1.55. The summed E-state index contributed by atoms with van der Waals surface area (Å²) >= 11 is 0. The Hall–Kier alpha value is -1.21. The number of methoxy groups -OCH3 is 1. The molecule has 0 saturated carbocycles. The lowest BCUT2D eigenvalue weighted by atomic mass is 10.2. The van der Waals surface area contributed by atoms with Gasteiger partial charge in [-0.25, -0.2) is 0 Å². The van der Waals surface area contributed by atoms with Gasteiger partial charge in [0, 0.05) is 31.6 Å². The Morgan fingerprint density at radius 2 is 1.75 bits per heavy atom. The molecule has 0 aromatic carbocycles. The average molecular weight is 284 g/mol. The molecule has 0 aliphatic heterocycles. The molecule has 1 aromatic heterocycles. The molecule has 0 aliphatic carbocycles. The number of nitrogens with zero attached hydrogens (tertiary/aromatic N) is 1. The Kier molecular flexibility index (Phi) is 9.77. The fourth-order valence-corrected chi connectivity index (χ4v) is 1.55. The summed E-state index contributed by atoms with van der Waals surface area (Å²) in [7, 11) is 3.54. The van der Waals surface area contributed by atoms with Crippen molar-refractivity contribution in [3.63, 3.8) is 0 Å². The van der Waals surface area contributed by atoms with E-state index in [4.69, 9.17) is 18.9 Å². The molecule has 0 atom stereocenters. The van der Waals surface area contributed by atoms with E-state index < -0.39 is 0 Å². The highest BCUT2D eigenvalue weighted by Crippen LogP contribution is 2.15. The first-order valence-electron chi connectivity index (χ1n) is 6.73. The molecule has 1 N–H and O–H groups in total. The van der Waals surface area contributed by atoms with E-state index in [0.717, 1.165) is 17.9 Å². The summed E-state index contributed by atoms with van der Waals surface area (Å²) in [6.45, 7) is 4.13. The second kappa shape index (κ2) is 11.6. The molecule has 114 valence electrons. The Bertz CT molecular complexity index is 350. The van der Waals surface area contributed by atoms with Crippen molar-refractivity contribution in [2.75, 3.05) is 53.8 Å². The highest BCUT2D eigenvalue weighted by molar-refractivity contribution is 5.29. The van der Waals surface area contributed by atoms with Gasteiger partial charge in [-0.15, -0.1) is 0 Å². The van der Waals surface area contributed by atoms with Crippen LogP contribution < -0.4 is 10.1 Å². The topological polar surface area (TPSA) is 61.8 Å². The number of hydrogen-bond donors (Lipinski definition) is 1. The van der Waals surface area contributed by atoms with Gasteiger partial charge in [-0.05, 0) is 13.1 Å². The van der Waals surface area contributed by atoms with Crippen molar-refractivity contribution in [3.8, 4) is 5.75 Å². The largest absolute Gasteiger partial charge is 0.491 e. The first kappa shape index (κ1) is 16.8. The maximum atomic E-state index is 5.67. The molecular formula is C14H24N2O4. The second-order valence-electron chi connectivity index (χ2n) is 4.08. The normalized spacial score (nSPS) is 10.7. The molecule has 6 heteroatoms. The van der Waals surface area contributed by atoms with Gasteiger partial charge < -0.3 is 24.3 Å². The number of pyridine rings is 1. The van der Waals surface area contributed by atoms with Crippen molar-refractivity contribution in [1.82, 2.24) is 10.3 Å². The van der Waals surface area contributed by atoms with Crippen molar-refractivity contribution in [1.29, 1.82) is 0 Å². The third-order valence-corrected chi connectivity index (χ3v) is 2.52. The molecule has 0 unspecified atom stereocenters. The van der Waals surface area contributed by atoms with Crippen LogP contribution in [0.5, 0.6) is 5.75 Å². The Labute approximate surface area is 120 Å². The van der Waals surface area contributed by atoms with E-state index in [1.807, 2.05) is 13.1 Å². The first-order valence-corrected chi connectivity index (χ1v) is 6.73. The van der Waals surface area contributed by atoms with E-state index in [2.05, 4.69) is 10.3 Å². The Balaban J connectivity index is 2.06. The van der Waals surface area contributed by atoms with Crippen LogP contribution in [0.4, 0.5) is 0 Å². The van der Waals surface area contributed by atoms with Gasteiger partial charge in [-0.3, -0.25) is 4.98 Å². The van der Waals surface area contributed by atoms with E-state index in [-0.39, 0.29) is 0 Å². The van der Waals surface area contributed by atoms with E-state index in [9.17, 15) is 0 Å². The summed E-state index contributed by atoms with van der Waals surface area (Å²) in [6, 6.07) is 1.86. The third-order valence-electron chi connectivity index (χ3n) is 2.52. The third kappa shape index (κ3) is 7.40. The van der Waals surface area contributed by atoms with Crippen LogP contribution in [0.1, 0.15) is 5.56 Å². The van der Waals surface area contributed by atoms with Crippen LogP contribution in [0.2, 0.25) is 0 Å². The molecular weight excluding hydrogens is 260 g/mol. The standard InChI is InChI=1S/C14H24N2O4/c1-15-11-13-12-16-4-3-14(13)20-10-9-19-8-7-18-6-5-17-2/h3-4,12,15H,5-11H2,1-2H3. The van der Waals surface area contributed by atoms with Gasteiger partial charge in [-0.2, -0.15) is 0 Å². The summed E-state index contributed by atoms with van der Waals surface area (Å²) in [6.07, 6.45) is 3.52. The number of hydrogen-bond acceptors (Lipinski definition) is 6. The molecule has 1 rings (SSSR count). The molecule has 6 nitrogen and oxygen atoms in total. The van der Waals surface area contributed by atoms with Gasteiger partial charge in [0.1, 0.15) is 12.4 Å². The Morgan fingerprint density at radius 3 is 2.45 bits per heavy atom. The van der Waals surface area contributed by atoms with Crippen LogP contribution in [0.15, 0.2) is 18.5 Å². The predicted octanol–water partition coefficient (Wildman–Crippen LogP) is 0.859. The van der Waals surface area contributed by atoms with Crippen LogP contribution in [-0.2, 0) is 20.8 Å². The first-order chi connectivity index (χ1) is 9.88. The van der Waals surface area contributed by atoms with Gasteiger partial charge in [0.2, 0.25) is 0 Å². The molecule has 0 spiro atoms. The zero-order valence-electron chi connectivity index (χ0n) is 12.3. The minimum absolute atomic E-state index is 0.513. The molecule has 0 amide bonds. The van der Waals surface area contributed by atoms with E-state index >= 15 is 0 Å². The van der Waals surface area contributed by atoms with Gasteiger partial charge in [0.25, 0.3) is 0 Å². The quantitative estimate of drug-likeness (QED) is 0.574. The van der Waals surface area contributed by atoms with E-state index in [1.165, 1.54) is 0 Å². The van der Waals surface area contributed by atoms with Gasteiger partial charge in [0.15, 0.2) is 0 Å². The van der Waals surface area contributed by atoms with Crippen LogP contribution in [-0.4, -0.2) is 58.8 Å². The summed E-state index contributed by atoms with van der Waals surface area (Å²) in [5.74, 6) is 0.842. The SMILES string of the molecule is CNCc1cnccc1OCCOCCOCCOC. The van der Waals surface area contributed by atoms with E-state index in [0.29, 0.717) is 39.6 Å². The highest BCUT2D eigenvalue weighted by atomic mass is 16.6. The molecule has 0 bridgehead atoms. The predicted molar refractivity (Wildman–Crippen MR) is 76.0 cm³/mol. The molecule has 0 fully saturated rings. The summed E-state index contributed by atoms with van der Waals surface area (Å²) in [5.41, 5.74) is 1.04. The highest BCUT2D eigenvalue weighted by Gasteiger charge is 2.02. The number of rotatable bonds is 12. The smallest absolute Gasteiger partial charge is 0.126 e. The van der Waals surface area contributed by atoms with Crippen molar-refractivity contribution in [3.05, 3.63) is 24.0 Å². The van der Waals surface area contributed by atoms with Crippen LogP contribution in [0.3, 0.4) is 0 Å². The fraction of sp³-hybridized carbons (Fsp3) is 0.643. The van der Waals surface area contributed by atoms with Gasteiger partial charge in [0.05, 0.1) is 33.0 Å². The minimum atomic E-state index is 0.513. The average Bonchev–Trinajstić information content (AvgIpc) is 2.47. The number of aromatic nitrogens is 1. The van der Waals surface area contributed by atoms with Crippen molar-refractivity contribution in [2.24, 2.45) is 0 Å². The lowest BCUT2D eigenvalue weighted by Crippen LogP contribution is -2.13. The number of ether oxygens (including phenoxy) is 4. The van der Waals surface area contributed by atoms with Gasteiger partial charge in [-0.1, -0.05) is 0 Å². The van der Waals surface area contributed by atoms with Crippen LogP contribution in [0.25, 0.3) is 0 Å². The molecule has 0 radical (unpaired) electrons. The summed E-state index contributed by atoms with van der Waals surface area (Å²) in [4.78, 5) is 4.08. The Morgan fingerprint density at radius 1 is 1.05 bits per heavy atom. The van der Waals surface area contributed by atoms with E-state index in [1.54, 1.807) is 19.5 Å². The molecule has 0 aliphatic rings. The molecule has 1 aromatic rings. The summed E-state index contributed by atoms with van der Waals surface area (Å²) < 4.78 is 21.2. The number of nitrogens with one attached hydrogen (secondary N) is 1. The lowest BCUT2D eigenvalue weighted by Gasteiger charge is -2.11. The summed E-state index contributed by atoms with van der Waals surface area (Å²) in [5, 5.41) is 3.08. The zero-order chi connectivity index (χ0) is 14.5.